The molecule has 0 radical (unpaired) electrons. The second-order valence-corrected chi connectivity index (χ2v) is 4.61. The molecule has 0 bridgehead atoms. The Balaban J connectivity index is 1.74. The van der Waals surface area contributed by atoms with E-state index < -0.39 is 0 Å². The first-order chi connectivity index (χ1) is 8.33. The Hall–Kier alpha value is -1.62. The van der Waals surface area contributed by atoms with Crippen molar-refractivity contribution >= 4 is 11.6 Å². The quantitative estimate of drug-likeness (QED) is 0.829. The smallest absolute Gasteiger partial charge is 0.243 e. The summed E-state index contributed by atoms with van der Waals surface area (Å²) in [4.78, 5) is 4.45. The fourth-order valence-corrected chi connectivity index (χ4v) is 2.23. The van der Waals surface area contributed by atoms with Gasteiger partial charge in [0.2, 0.25) is 5.95 Å². The van der Waals surface area contributed by atoms with Crippen molar-refractivity contribution in [2.75, 3.05) is 25.0 Å². The molecule has 0 aliphatic carbocycles. The minimum absolute atomic E-state index is 0.697. The zero-order valence-corrected chi connectivity index (χ0v) is 9.98. The van der Waals surface area contributed by atoms with Crippen LogP contribution in [0, 0.1) is 12.8 Å². The fourth-order valence-electron chi connectivity index (χ4n) is 2.23. The first-order valence-corrected chi connectivity index (χ1v) is 6.10. The first kappa shape index (κ1) is 10.5. The lowest BCUT2D eigenvalue weighted by molar-refractivity contribution is 0.612. The molecule has 2 aromatic rings. The minimum Gasteiger partial charge on any atom is -0.353 e. The Labute approximate surface area is 100 Å². The van der Waals surface area contributed by atoms with E-state index >= 15 is 0 Å². The number of pyridine rings is 1. The van der Waals surface area contributed by atoms with Crippen molar-refractivity contribution in [3.8, 4) is 0 Å². The highest BCUT2D eigenvalue weighted by Gasteiger charge is 2.14. The molecule has 1 fully saturated rings. The second-order valence-electron chi connectivity index (χ2n) is 4.61. The highest BCUT2D eigenvalue weighted by atomic mass is 15.3. The molecule has 90 valence electrons. The van der Waals surface area contributed by atoms with Crippen LogP contribution in [0.15, 0.2) is 18.2 Å². The molecule has 17 heavy (non-hydrogen) atoms. The van der Waals surface area contributed by atoms with Crippen LogP contribution in [-0.4, -0.2) is 34.2 Å². The summed E-state index contributed by atoms with van der Waals surface area (Å²) in [6.45, 7) is 5.21. The monoisotopic (exact) mass is 231 g/mol. The number of rotatable bonds is 3. The number of nitrogens with zero attached hydrogens (tertiary/aromatic N) is 3. The molecule has 1 aliphatic heterocycles. The van der Waals surface area contributed by atoms with Gasteiger partial charge in [-0.2, -0.15) is 4.98 Å². The topological polar surface area (TPSA) is 54.2 Å². The van der Waals surface area contributed by atoms with Crippen molar-refractivity contribution in [3.05, 3.63) is 23.9 Å². The van der Waals surface area contributed by atoms with E-state index in [1.54, 1.807) is 0 Å². The number of aryl methyl sites for hydroxylation is 1. The molecule has 1 unspecified atom stereocenters. The zero-order valence-electron chi connectivity index (χ0n) is 9.98. The van der Waals surface area contributed by atoms with Crippen molar-refractivity contribution < 1.29 is 0 Å². The maximum atomic E-state index is 4.45. The molecule has 0 saturated carbocycles. The number of anilines is 1. The largest absolute Gasteiger partial charge is 0.353 e. The predicted octanol–water partition coefficient (Wildman–Crippen LogP) is 1.06. The molecule has 0 amide bonds. The molecule has 3 rings (SSSR count). The van der Waals surface area contributed by atoms with E-state index in [-0.39, 0.29) is 0 Å². The van der Waals surface area contributed by atoms with E-state index in [9.17, 15) is 0 Å². The molecular weight excluding hydrogens is 214 g/mol. The number of nitrogens with one attached hydrogen (secondary N) is 2. The third kappa shape index (κ3) is 2.10. The summed E-state index contributed by atoms with van der Waals surface area (Å²) in [5.74, 6) is 1.42. The summed E-state index contributed by atoms with van der Waals surface area (Å²) in [5, 5.41) is 11.1. The normalized spacial score (nSPS) is 19.9. The Morgan fingerprint density at radius 3 is 3.24 bits per heavy atom. The van der Waals surface area contributed by atoms with Crippen LogP contribution in [0.3, 0.4) is 0 Å². The molecule has 1 atom stereocenters. The molecule has 0 spiro atoms. The predicted molar refractivity (Wildman–Crippen MR) is 67.2 cm³/mol. The van der Waals surface area contributed by atoms with E-state index in [0.29, 0.717) is 5.92 Å². The van der Waals surface area contributed by atoms with Crippen LogP contribution in [0.5, 0.6) is 0 Å². The van der Waals surface area contributed by atoms with Gasteiger partial charge in [-0.1, -0.05) is 6.07 Å². The van der Waals surface area contributed by atoms with Crippen molar-refractivity contribution in [1.29, 1.82) is 0 Å². The van der Waals surface area contributed by atoms with E-state index in [1.165, 1.54) is 6.42 Å². The number of hydrogen-bond donors (Lipinski definition) is 2. The van der Waals surface area contributed by atoms with Gasteiger partial charge in [-0.05, 0) is 44.5 Å². The van der Waals surface area contributed by atoms with E-state index in [4.69, 9.17) is 0 Å². The van der Waals surface area contributed by atoms with Gasteiger partial charge in [-0.15, -0.1) is 5.10 Å². The van der Waals surface area contributed by atoms with Crippen LogP contribution >= 0.6 is 0 Å². The van der Waals surface area contributed by atoms with Gasteiger partial charge in [0.15, 0.2) is 5.65 Å². The maximum absolute atomic E-state index is 4.45. The summed E-state index contributed by atoms with van der Waals surface area (Å²) < 4.78 is 1.87. The Morgan fingerprint density at radius 1 is 1.53 bits per heavy atom. The molecular formula is C12H17N5. The third-order valence-corrected chi connectivity index (χ3v) is 3.26. The van der Waals surface area contributed by atoms with Gasteiger partial charge < -0.3 is 10.6 Å². The zero-order chi connectivity index (χ0) is 11.7. The second kappa shape index (κ2) is 4.33. The van der Waals surface area contributed by atoms with Gasteiger partial charge >= 0.3 is 0 Å². The van der Waals surface area contributed by atoms with Crippen LogP contribution < -0.4 is 10.6 Å². The summed E-state index contributed by atoms with van der Waals surface area (Å²) in [6, 6.07) is 6.01. The SMILES string of the molecule is Cc1cccc2nc(NCC3CCNC3)nn12. The van der Waals surface area contributed by atoms with Crippen molar-refractivity contribution in [3.63, 3.8) is 0 Å². The minimum atomic E-state index is 0.697. The van der Waals surface area contributed by atoms with Gasteiger partial charge in [0.25, 0.3) is 0 Å². The van der Waals surface area contributed by atoms with Crippen LogP contribution in [-0.2, 0) is 0 Å². The summed E-state index contributed by atoms with van der Waals surface area (Å²) in [7, 11) is 0. The van der Waals surface area contributed by atoms with Crippen LogP contribution in [0.25, 0.3) is 5.65 Å². The van der Waals surface area contributed by atoms with Gasteiger partial charge in [-0.25, -0.2) is 4.52 Å². The molecule has 1 aliphatic rings. The Bertz CT molecular complexity index is 513. The summed E-state index contributed by atoms with van der Waals surface area (Å²) in [5.41, 5.74) is 2.00. The lowest BCUT2D eigenvalue weighted by Crippen LogP contribution is -2.17. The lowest BCUT2D eigenvalue weighted by atomic mass is 10.1. The molecule has 5 nitrogen and oxygen atoms in total. The Kier molecular flexibility index (Phi) is 2.68. The fraction of sp³-hybridized carbons (Fsp3) is 0.500. The van der Waals surface area contributed by atoms with E-state index in [2.05, 4.69) is 20.7 Å². The molecule has 2 N–H and O–H groups in total. The van der Waals surface area contributed by atoms with E-state index in [0.717, 1.165) is 36.9 Å². The van der Waals surface area contributed by atoms with Crippen molar-refractivity contribution in [2.45, 2.75) is 13.3 Å². The van der Waals surface area contributed by atoms with Gasteiger partial charge in [0, 0.05) is 12.2 Å². The molecule has 5 heteroatoms. The highest BCUT2D eigenvalue weighted by Crippen LogP contribution is 2.11. The van der Waals surface area contributed by atoms with Crippen LogP contribution in [0.2, 0.25) is 0 Å². The number of hydrogen-bond acceptors (Lipinski definition) is 4. The lowest BCUT2D eigenvalue weighted by Gasteiger charge is -2.07. The van der Waals surface area contributed by atoms with Gasteiger partial charge in [-0.3, -0.25) is 0 Å². The Morgan fingerprint density at radius 2 is 2.47 bits per heavy atom. The molecule has 2 aromatic heterocycles. The van der Waals surface area contributed by atoms with Crippen LogP contribution in [0.4, 0.5) is 5.95 Å². The van der Waals surface area contributed by atoms with Crippen molar-refractivity contribution in [1.82, 2.24) is 19.9 Å². The third-order valence-electron chi connectivity index (χ3n) is 3.26. The number of aromatic nitrogens is 3. The molecule has 0 aromatic carbocycles. The van der Waals surface area contributed by atoms with Crippen molar-refractivity contribution in [2.24, 2.45) is 5.92 Å². The average molecular weight is 231 g/mol. The highest BCUT2D eigenvalue weighted by molar-refractivity contribution is 5.44. The number of fused-ring (bicyclic) bond motifs is 1. The maximum Gasteiger partial charge on any atom is 0.243 e. The summed E-state index contributed by atoms with van der Waals surface area (Å²) >= 11 is 0. The van der Waals surface area contributed by atoms with E-state index in [1.807, 2.05) is 29.6 Å². The summed E-state index contributed by atoms with van der Waals surface area (Å²) in [6.07, 6.45) is 1.24. The molecule has 1 saturated heterocycles. The van der Waals surface area contributed by atoms with Gasteiger partial charge in [0.05, 0.1) is 0 Å². The van der Waals surface area contributed by atoms with Gasteiger partial charge in [0.1, 0.15) is 0 Å². The first-order valence-electron chi connectivity index (χ1n) is 6.10. The molecule has 3 heterocycles. The standard InChI is InChI=1S/C12H17N5/c1-9-3-2-4-11-15-12(16-17(9)11)14-8-10-5-6-13-7-10/h2-4,10,13H,5-8H2,1H3,(H,14,16). The van der Waals surface area contributed by atoms with Crippen LogP contribution in [0.1, 0.15) is 12.1 Å². The average Bonchev–Trinajstić information content (AvgIpc) is 2.95.